The van der Waals surface area contributed by atoms with Gasteiger partial charge in [0.15, 0.2) is 11.8 Å². The quantitative estimate of drug-likeness (QED) is 0.468. The first kappa shape index (κ1) is 20.5. The van der Waals surface area contributed by atoms with E-state index in [1.54, 1.807) is 19.1 Å². The van der Waals surface area contributed by atoms with Crippen LogP contribution in [0.5, 0.6) is 0 Å². The summed E-state index contributed by atoms with van der Waals surface area (Å²) in [6.45, 7) is 4.91. The number of hydrogen-bond acceptors (Lipinski definition) is 7. The van der Waals surface area contributed by atoms with Crippen molar-refractivity contribution in [2.45, 2.75) is 33.4 Å². The van der Waals surface area contributed by atoms with Crippen molar-refractivity contribution in [2.24, 2.45) is 0 Å². The minimum absolute atomic E-state index is 0.0426. The van der Waals surface area contributed by atoms with E-state index in [1.165, 1.54) is 25.2 Å². The first-order valence-electron chi connectivity index (χ1n) is 8.96. The molecule has 0 aliphatic carbocycles. The molecule has 8 heteroatoms. The van der Waals surface area contributed by atoms with Gasteiger partial charge in [-0.25, -0.2) is 9.78 Å². The van der Waals surface area contributed by atoms with Gasteiger partial charge in [0.2, 0.25) is 17.6 Å². The zero-order chi connectivity index (χ0) is 21.0. The highest BCUT2D eigenvalue weighted by molar-refractivity contribution is 7.14. The molecule has 1 atom stereocenters. The maximum atomic E-state index is 12.6. The van der Waals surface area contributed by atoms with Crippen LogP contribution in [0.25, 0.3) is 11.5 Å². The number of aryl methyl sites for hydroxylation is 1. The largest absolute Gasteiger partial charge is 0.449 e. The van der Waals surface area contributed by atoms with Gasteiger partial charge in [0, 0.05) is 17.4 Å². The molecule has 1 unspecified atom stereocenters. The van der Waals surface area contributed by atoms with Crippen LogP contribution in [0.3, 0.4) is 0 Å². The van der Waals surface area contributed by atoms with Gasteiger partial charge < -0.3 is 14.5 Å². The topological polar surface area (TPSA) is 98.5 Å². The van der Waals surface area contributed by atoms with Crippen molar-refractivity contribution in [3.8, 4) is 11.5 Å². The van der Waals surface area contributed by atoms with Crippen LogP contribution in [0.15, 0.2) is 46.9 Å². The van der Waals surface area contributed by atoms with Crippen LogP contribution < -0.4 is 5.32 Å². The smallest absolute Gasteiger partial charge is 0.361 e. The number of nitrogens with one attached hydrogen (secondary N) is 1. The molecule has 29 heavy (non-hydrogen) atoms. The standard InChI is InChI=1S/C21H20N2O5S/c1-12-18(23-20(27-12)15-7-5-4-6-8-15)21(26)28-13(2)19(25)17-10-9-16(29-17)11-22-14(3)24/h4-10,13H,11H2,1-3H3,(H,22,24). The summed E-state index contributed by atoms with van der Waals surface area (Å²) < 4.78 is 10.9. The van der Waals surface area contributed by atoms with E-state index in [2.05, 4.69) is 10.3 Å². The molecule has 0 saturated carbocycles. The number of nitrogens with zero attached hydrogens (tertiary/aromatic N) is 1. The van der Waals surface area contributed by atoms with Gasteiger partial charge in [-0.15, -0.1) is 11.3 Å². The summed E-state index contributed by atoms with van der Waals surface area (Å²) >= 11 is 1.25. The Morgan fingerprint density at radius 3 is 2.59 bits per heavy atom. The number of ether oxygens (including phenoxy) is 1. The second kappa shape index (κ2) is 8.83. The lowest BCUT2D eigenvalue weighted by Crippen LogP contribution is -2.24. The van der Waals surface area contributed by atoms with E-state index < -0.39 is 12.1 Å². The predicted molar refractivity (Wildman–Crippen MR) is 108 cm³/mol. The molecule has 150 valence electrons. The lowest BCUT2D eigenvalue weighted by atomic mass is 10.2. The van der Waals surface area contributed by atoms with Crippen molar-refractivity contribution in [3.05, 3.63) is 63.7 Å². The molecule has 0 saturated heterocycles. The van der Waals surface area contributed by atoms with Gasteiger partial charge in [0.1, 0.15) is 5.76 Å². The number of Topliss-reactive ketones (excluding diaryl/α,β-unsaturated/α-hetero) is 1. The zero-order valence-electron chi connectivity index (χ0n) is 16.2. The number of rotatable bonds is 7. The van der Waals surface area contributed by atoms with Crippen LogP contribution in [-0.4, -0.2) is 28.7 Å². The molecule has 0 fully saturated rings. The molecule has 0 bridgehead atoms. The number of aromatic nitrogens is 1. The van der Waals surface area contributed by atoms with Gasteiger partial charge in [-0.05, 0) is 38.1 Å². The molecular weight excluding hydrogens is 392 g/mol. The van der Waals surface area contributed by atoms with E-state index in [0.29, 0.717) is 23.1 Å². The van der Waals surface area contributed by atoms with Crippen molar-refractivity contribution >= 4 is 29.0 Å². The van der Waals surface area contributed by atoms with Gasteiger partial charge >= 0.3 is 5.97 Å². The Kier molecular flexibility index (Phi) is 6.23. The molecular formula is C21H20N2O5S. The summed E-state index contributed by atoms with van der Waals surface area (Å²) in [4.78, 5) is 41.6. The van der Waals surface area contributed by atoms with Crippen LogP contribution in [0, 0.1) is 6.92 Å². The molecule has 0 aliphatic heterocycles. The van der Waals surface area contributed by atoms with Crippen LogP contribution in [-0.2, 0) is 16.1 Å². The molecule has 0 spiro atoms. The summed E-state index contributed by atoms with van der Waals surface area (Å²) in [5.74, 6) is -0.547. The average Bonchev–Trinajstić information content (AvgIpc) is 3.33. The zero-order valence-corrected chi connectivity index (χ0v) is 17.0. The van der Waals surface area contributed by atoms with E-state index in [0.717, 1.165) is 10.4 Å². The molecule has 3 aromatic rings. The number of oxazole rings is 1. The SMILES string of the molecule is CC(=O)NCc1ccc(C(=O)C(C)OC(=O)c2nc(-c3ccccc3)oc2C)s1. The Labute approximate surface area is 171 Å². The van der Waals surface area contributed by atoms with E-state index in [-0.39, 0.29) is 17.4 Å². The lowest BCUT2D eigenvalue weighted by Gasteiger charge is -2.10. The Morgan fingerprint density at radius 2 is 1.90 bits per heavy atom. The molecule has 3 rings (SSSR count). The minimum atomic E-state index is -0.981. The van der Waals surface area contributed by atoms with Crippen LogP contribution in [0.4, 0.5) is 0 Å². The van der Waals surface area contributed by atoms with Crippen LogP contribution in [0.2, 0.25) is 0 Å². The van der Waals surface area contributed by atoms with Crippen molar-refractivity contribution in [1.29, 1.82) is 0 Å². The normalized spacial score (nSPS) is 11.7. The second-order valence-electron chi connectivity index (χ2n) is 6.38. The summed E-state index contributed by atoms with van der Waals surface area (Å²) in [5, 5.41) is 2.68. The Hall–Kier alpha value is -3.26. The Balaban J connectivity index is 1.67. The number of ketones is 1. The van der Waals surface area contributed by atoms with Crippen molar-refractivity contribution < 1.29 is 23.5 Å². The molecule has 7 nitrogen and oxygen atoms in total. The molecule has 0 aliphatic rings. The molecule has 2 heterocycles. The number of benzene rings is 1. The number of carbonyl (C=O) groups is 3. The predicted octanol–water partition coefficient (Wildman–Crippen LogP) is 3.78. The van der Waals surface area contributed by atoms with E-state index in [9.17, 15) is 14.4 Å². The van der Waals surface area contributed by atoms with Gasteiger partial charge in [-0.3, -0.25) is 9.59 Å². The Morgan fingerprint density at radius 1 is 1.17 bits per heavy atom. The fraction of sp³-hybridized carbons (Fsp3) is 0.238. The number of esters is 1. The fourth-order valence-electron chi connectivity index (χ4n) is 2.58. The lowest BCUT2D eigenvalue weighted by molar-refractivity contribution is -0.119. The fourth-order valence-corrected chi connectivity index (χ4v) is 3.54. The highest BCUT2D eigenvalue weighted by Crippen LogP contribution is 2.23. The van der Waals surface area contributed by atoms with Gasteiger partial charge in [0.25, 0.3) is 0 Å². The molecule has 1 N–H and O–H groups in total. The average molecular weight is 412 g/mol. The molecule has 1 amide bonds. The molecule has 1 aromatic carbocycles. The maximum Gasteiger partial charge on any atom is 0.361 e. The van der Waals surface area contributed by atoms with Crippen LogP contribution >= 0.6 is 11.3 Å². The third-order valence-electron chi connectivity index (χ3n) is 4.08. The van der Waals surface area contributed by atoms with Crippen molar-refractivity contribution in [3.63, 3.8) is 0 Å². The second-order valence-corrected chi connectivity index (χ2v) is 7.55. The van der Waals surface area contributed by atoms with E-state index >= 15 is 0 Å². The maximum absolute atomic E-state index is 12.6. The molecule has 0 radical (unpaired) electrons. The van der Waals surface area contributed by atoms with Crippen LogP contribution in [0.1, 0.15) is 44.6 Å². The summed E-state index contributed by atoms with van der Waals surface area (Å²) in [7, 11) is 0. The highest BCUT2D eigenvalue weighted by atomic mass is 32.1. The van der Waals surface area contributed by atoms with Crippen molar-refractivity contribution in [2.75, 3.05) is 0 Å². The summed E-state index contributed by atoms with van der Waals surface area (Å²) in [6.07, 6.45) is -0.981. The third-order valence-corrected chi connectivity index (χ3v) is 5.18. The summed E-state index contributed by atoms with van der Waals surface area (Å²) in [5.41, 5.74) is 0.782. The first-order chi connectivity index (χ1) is 13.8. The van der Waals surface area contributed by atoms with E-state index in [1.807, 2.05) is 30.3 Å². The van der Waals surface area contributed by atoms with Gasteiger partial charge in [-0.2, -0.15) is 0 Å². The monoisotopic (exact) mass is 412 g/mol. The van der Waals surface area contributed by atoms with Gasteiger partial charge in [-0.1, -0.05) is 18.2 Å². The number of amides is 1. The molecule has 2 aromatic heterocycles. The first-order valence-corrected chi connectivity index (χ1v) is 9.78. The highest BCUT2D eigenvalue weighted by Gasteiger charge is 2.25. The number of carbonyl (C=O) groups excluding carboxylic acids is 3. The number of hydrogen-bond donors (Lipinski definition) is 1. The van der Waals surface area contributed by atoms with E-state index in [4.69, 9.17) is 9.15 Å². The number of thiophene rings is 1. The Bertz CT molecular complexity index is 1040. The minimum Gasteiger partial charge on any atom is -0.449 e. The van der Waals surface area contributed by atoms with Gasteiger partial charge in [0.05, 0.1) is 11.4 Å². The summed E-state index contributed by atoms with van der Waals surface area (Å²) in [6, 6.07) is 12.6. The third kappa shape index (κ3) is 4.97. The van der Waals surface area contributed by atoms with Crippen molar-refractivity contribution in [1.82, 2.24) is 10.3 Å².